The quantitative estimate of drug-likeness (QED) is 0.624. The van der Waals surface area contributed by atoms with E-state index in [1.807, 2.05) is 19.9 Å². The molecule has 0 heterocycles. The maximum Gasteiger partial charge on any atom is 0.0389 e. The number of nitrogens with one attached hydrogen (secondary N) is 1. The molecule has 1 aromatic rings. The van der Waals surface area contributed by atoms with E-state index in [1.54, 1.807) is 0 Å². The number of hydrogen-bond donors (Lipinski definition) is 1. The van der Waals surface area contributed by atoms with Gasteiger partial charge in [0, 0.05) is 5.71 Å². The lowest BCUT2D eigenvalue weighted by Crippen LogP contribution is -2.09. The van der Waals surface area contributed by atoms with Crippen LogP contribution in [0.3, 0.4) is 0 Å². The number of benzene rings is 1. The SMILES string of the molecule is CC.N=C1CCCc2ccccc21. The summed E-state index contributed by atoms with van der Waals surface area (Å²) in [4.78, 5) is 0. The average molecular weight is 175 g/mol. The molecule has 1 nitrogen and oxygen atoms in total. The van der Waals surface area contributed by atoms with Crippen molar-refractivity contribution in [3.05, 3.63) is 35.4 Å². The van der Waals surface area contributed by atoms with Gasteiger partial charge in [-0.25, -0.2) is 0 Å². The highest BCUT2D eigenvalue weighted by Gasteiger charge is 2.11. The summed E-state index contributed by atoms with van der Waals surface area (Å²) < 4.78 is 0. The summed E-state index contributed by atoms with van der Waals surface area (Å²) in [6, 6.07) is 8.25. The van der Waals surface area contributed by atoms with Gasteiger partial charge in [0.15, 0.2) is 0 Å². The second-order valence-corrected chi connectivity index (χ2v) is 2.99. The second kappa shape index (κ2) is 4.80. The normalized spacial score (nSPS) is 14.2. The monoisotopic (exact) mass is 175 g/mol. The van der Waals surface area contributed by atoms with E-state index in [0.717, 1.165) is 25.0 Å². The molecule has 2 rings (SSSR count). The summed E-state index contributed by atoms with van der Waals surface area (Å²) in [5.74, 6) is 0. The van der Waals surface area contributed by atoms with E-state index < -0.39 is 0 Å². The molecular weight excluding hydrogens is 158 g/mol. The Labute approximate surface area is 80.3 Å². The van der Waals surface area contributed by atoms with E-state index in [1.165, 1.54) is 11.1 Å². The van der Waals surface area contributed by atoms with Gasteiger partial charge in [0.25, 0.3) is 0 Å². The maximum atomic E-state index is 7.67. The van der Waals surface area contributed by atoms with Crippen molar-refractivity contribution >= 4 is 5.71 Å². The summed E-state index contributed by atoms with van der Waals surface area (Å²) in [6.45, 7) is 4.00. The van der Waals surface area contributed by atoms with Crippen LogP contribution in [0.15, 0.2) is 24.3 Å². The predicted octanol–water partition coefficient (Wildman–Crippen LogP) is 3.42. The van der Waals surface area contributed by atoms with Crippen LogP contribution < -0.4 is 0 Å². The van der Waals surface area contributed by atoms with Crippen molar-refractivity contribution in [2.75, 3.05) is 0 Å². The lowest BCUT2D eigenvalue weighted by molar-refractivity contribution is 0.835. The molecule has 1 aromatic carbocycles. The molecule has 1 N–H and O–H groups in total. The van der Waals surface area contributed by atoms with E-state index >= 15 is 0 Å². The van der Waals surface area contributed by atoms with E-state index in [-0.39, 0.29) is 0 Å². The molecule has 1 aliphatic carbocycles. The van der Waals surface area contributed by atoms with Crippen molar-refractivity contribution in [1.82, 2.24) is 0 Å². The zero-order valence-electron chi connectivity index (χ0n) is 8.43. The zero-order chi connectivity index (χ0) is 9.68. The Morgan fingerprint density at radius 2 is 1.77 bits per heavy atom. The lowest BCUT2D eigenvalue weighted by Gasteiger charge is -2.15. The fraction of sp³-hybridized carbons (Fsp3) is 0.417. The largest absolute Gasteiger partial charge is 0.305 e. The molecule has 0 aromatic heterocycles. The van der Waals surface area contributed by atoms with Gasteiger partial charge < -0.3 is 5.41 Å². The van der Waals surface area contributed by atoms with Gasteiger partial charge in [0.2, 0.25) is 0 Å². The Hall–Kier alpha value is -1.11. The van der Waals surface area contributed by atoms with Gasteiger partial charge in [0.05, 0.1) is 0 Å². The van der Waals surface area contributed by atoms with Crippen LogP contribution in [0, 0.1) is 5.41 Å². The number of fused-ring (bicyclic) bond motifs is 1. The molecule has 0 fully saturated rings. The highest BCUT2D eigenvalue weighted by Crippen LogP contribution is 2.19. The minimum Gasteiger partial charge on any atom is -0.305 e. The summed E-state index contributed by atoms with van der Waals surface area (Å²) in [5.41, 5.74) is 3.33. The van der Waals surface area contributed by atoms with Crippen molar-refractivity contribution in [2.45, 2.75) is 33.1 Å². The molecule has 1 aliphatic rings. The fourth-order valence-corrected chi connectivity index (χ4v) is 1.62. The summed E-state index contributed by atoms with van der Waals surface area (Å²) >= 11 is 0. The van der Waals surface area contributed by atoms with E-state index in [9.17, 15) is 0 Å². The maximum absolute atomic E-state index is 7.67. The first-order chi connectivity index (χ1) is 6.38. The van der Waals surface area contributed by atoms with Crippen molar-refractivity contribution in [2.24, 2.45) is 0 Å². The molecule has 0 bridgehead atoms. The standard InChI is InChI=1S/C10H11N.C2H6/c11-10-7-3-5-8-4-1-2-6-9(8)10;1-2/h1-2,4,6,11H,3,5,7H2;1-2H3. The molecule has 0 radical (unpaired) electrons. The van der Waals surface area contributed by atoms with E-state index in [0.29, 0.717) is 0 Å². The zero-order valence-corrected chi connectivity index (χ0v) is 8.43. The van der Waals surface area contributed by atoms with Crippen LogP contribution in [0.1, 0.15) is 37.8 Å². The van der Waals surface area contributed by atoms with Gasteiger partial charge in [-0.1, -0.05) is 38.1 Å². The number of hydrogen-bond acceptors (Lipinski definition) is 1. The third-order valence-electron chi connectivity index (χ3n) is 2.22. The van der Waals surface area contributed by atoms with Crippen molar-refractivity contribution < 1.29 is 0 Å². The van der Waals surface area contributed by atoms with Crippen molar-refractivity contribution in [3.8, 4) is 0 Å². The molecule has 0 atom stereocenters. The second-order valence-electron chi connectivity index (χ2n) is 2.99. The summed E-state index contributed by atoms with van der Waals surface area (Å²) in [6.07, 6.45) is 3.26. The highest BCUT2D eigenvalue weighted by molar-refractivity contribution is 6.00. The van der Waals surface area contributed by atoms with Gasteiger partial charge in [0.1, 0.15) is 0 Å². The smallest absolute Gasteiger partial charge is 0.0389 e. The van der Waals surface area contributed by atoms with Crippen LogP contribution in [0.25, 0.3) is 0 Å². The third kappa shape index (κ3) is 2.18. The first-order valence-electron chi connectivity index (χ1n) is 5.03. The van der Waals surface area contributed by atoms with Crippen LogP contribution >= 0.6 is 0 Å². The lowest BCUT2D eigenvalue weighted by atomic mass is 9.90. The van der Waals surface area contributed by atoms with Gasteiger partial charge in [-0.2, -0.15) is 0 Å². The Morgan fingerprint density at radius 3 is 2.46 bits per heavy atom. The van der Waals surface area contributed by atoms with Crippen LogP contribution in [-0.2, 0) is 6.42 Å². The van der Waals surface area contributed by atoms with Gasteiger partial charge in [-0.3, -0.25) is 0 Å². The van der Waals surface area contributed by atoms with Crippen molar-refractivity contribution in [3.63, 3.8) is 0 Å². The van der Waals surface area contributed by atoms with Crippen LogP contribution in [-0.4, -0.2) is 5.71 Å². The van der Waals surface area contributed by atoms with Gasteiger partial charge >= 0.3 is 0 Å². The van der Waals surface area contributed by atoms with Crippen LogP contribution in [0.2, 0.25) is 0 Å². The van der Waals surface area contributed by atoms with Gasteiger partial charge in [-0.15, -0.1) is 0 Å². The third-order valence-corrected chi connectivity index (χ3v) is 2.22. The molecule has 13 heavy (non-hydrogen) atoms. The number of aryl methyl sites for hydroxylation is 1. The van der Waals surface area contributed by atoms with E-state index in [4.69, 9.17) is 5.41 Å². The van der Waals surface area contributed by atoms with Crippen LogP contribution in [0.4, 0.5) is 0 Å². The Balaban J connectivity index is 0.000000396. The first kappa shape index (κ1) is 9.97. The minimum atomic E-state index is 0.812. The minimum absolute atomic E-state index is 0.812. The molecule has 1 heteroatoms. The molecule has 0 saturated carbocycles. The predicted molar refractivity (Wildman–Crippen MR) is 57.6 cm³/mol. The fourth-order valence-electron chi connectivity index (χ4n) is 1.62. The van der Waals surface area contributed by atoms with Crippen molar-refractivity contribution in [1.29, 1.82) is 5.41 Å². The highest BCUT2D eigenvalue weighted by atomic mass is 14.4. The number of rotatable bonds is 0. The van der Waals surface area contributed by atoms with Crippen LogP contribution in [0.5, 0.6) is 0 Å². The first-order valence-corrected chi connectivity index (χ1v) is 5.03. The average Bonchev–Trinajstić information content (AvgIpc) is 2.22. The molecule has 0 saturated heterocycles. The molecule has 0 aliphatic heterocycles. The summed E-state index contributed by atoms with van der Waals surface area (Å²) in [7, 11) is 0. The summed E-state index contributed by atoms with van der Waals surface area (Å²) in [5, 5.41) is 7.67. The topological polar surface area (TPSA) is 23.9 Å². The molecule has 70 valence electrons. The van der Waals surface area contributed by atoms with E-state index in [2.05, 4.69) is 18.2 Å². The Morgan fingerprint density at radius 1 is 1.08 bits per heavy atom. The Kier molecular flexibility index (Phi) is 3.69. The molecule has 0 unspecified atom stereocenters. The molecule has 0 spiro atoms. The molecule has 0 amide bonds. The molecular formula is C12H17N. The van der Waals surface area contributed by atoms with Gasteiger partial charge in [-0.05, 0) is 30.4 Å². The Bertz CT molecular complexity index is 289.